The number of amides is 1. The largest absolute Gasteiger partial charge is 0.451 e. The summed E-state index contributed by atoms with van der Waals surface area (Å²) < 4.78 is 5.65. The summed E-state index contributed by atoms with van der Waals surface area (Å²) in [5, 5.41) is 7.72. The molecule has 8 heteroatoms. The molecule has 30 heavy (non-hydrogen) atoms. The number of halogens is 2. The van der Waals surface area contributed by atoms with Gasteiger partial charge in [-0.2, -0.15) is 0 Å². The van der Waals surface area contributed by atoms with Crippen LogP contribution in [0.3, 0.4) is 0 Å². The van der Waals surface area contributed by atoms with Gasteiger partial charge in [-0.05, 0) is 61.6 Å². The van der Waals surface area contributed by atoms with E-state index < -0.39 is 5.91 Å². The molecule has 4 rings (SSSR count). The molecule has 5 nitrogen and oxygen atoms in total. The minimum Gasteiger partial charge on any atom is -0.451 e. The number of nitrogens with zero attached hydrogens (tertiary/aromatic N) is 1. The summed E-state index contributed by atoms with van der Waals surface area (Å²) in [6.45, 7) is 1.91. The Morgan fingerprint density at radius 1 is 1.07 bits per heavy atom. The van der Waals surface area contributed by atoms with Gasteiger partial charge in [0.05, 0.1) is 16.2 Å². The van der Waals surface area contributed by atoms with Crippen LogP contribution < -0.4 is 10.6 Å². The summed E-state index contributed by atoms with van der Waals surface area (Å²) in [5.74, 6) is 0.0404. The van der Waals surface area contributed by atoms with Gasteiger partial charge in [0, 0.05) is 21.7 Å². The van der Waals surface area contributed by atoms with Crippen LogP contribution >= 0.6 is 35.4 Å². The Labute approximate surface area is 188 Å². The number of aromatic nitrogens is 1. The molecular formula is C22H15Cl2N3O2S. The molecule has 0 spiro atoms. The number of hydrogen-bond acceptors (Lipinski definition) is 4. The Morgan fingerprint density at radius 3 is 2.73 bits per heavy atom. The normalized spacial score (nSPS) is 10.8. The number of carbonyl (C=O) groups excluding carboxylic acids is 1. The first kappa shape index (κ1) is 20.3. The molecule has 2 aromatic heterocycles. The monoisotopic (exact) mass is 455 g/mol. The lowest BCUT2D eigenvalue weighted by Crippen LogP contribution is -2.34. The number of thiocarbonyl (C=S) groups is 1. The number of para-hydroxylation sites is 1. The fraction of sp³-hybridized carbons (Fsp3) is 0.0455. The lowest BCUT2D eigenvalue weighted by Gasteiger charge is -2.11. The summed E-state index contributed by atoms with van der Waals surface area (Å²) in [7, 11) is 0. The van der Waals surface area contributed by atoms with Crippen LogP contribution in [0.4, 0.5) is 5.69 Å². The minimum absolute atomic E-state index is 0.0945. The quantitative estimate of drug-likeness (QED) is 0.358. The molecule has 0 saturated carbocycles. The first-order chi connectivity index (χ1) is 14.4. The Balaban J connectivity index is 1.50. The minimum atomic E-state index is -0.485. The molecule has 2 aromatic carbocycles. The third-order valence-corrected chi connectivity index (χ3v) is 5.13. The molecule has 2 N–H and O–H groups in total. The Bertz CT molecular complexity index is 1290. The maximum absolute atomic E-state index is 12.6. The van der Waals surface area contributed by atoms with Crippen LogP contribution in [0.2, 0.25) is 10.0 Å². The van der Waals surface area contributed by atoms with Crippen LogP contribution in [0, 0.1) is 6.92 Å². The molecule has 0 bridgehead atoms. The average Bonchev–Trinajstić information content (AvgIpc) is 3.20. The van der Waals surface area contributed by atoms with Gasteiger partial charge in [-0.25, -0.2) is 0 Å². The number of hydrogen-bond donors (Lipinski definition) is 2. The van der Waals surface area contributed by atoms with Crippen LogP contribution in [0.5, 0.6) is 0 Å². The second kappa shape index (κ2) is 8.44. The third-order valence-electron chi connectivity index (χ3n) is 4.36. The highest BCUT2D eigenvalue weighted by atomic mass is 35.5. The van der Waals surface area contributed by atoms with Crippen LogP contribution in [-0.4, -0.2) is 16.0 Å². The number of benzene rings is 2. The molecule has 0 aliphatic heterocycles. The van der Waals surface area contributed by atoms with Crippen LogP contribution in [0.25, 0.3) is 22.2 Å². The van der Waals surface area contributed by atoms with Gasteiger partial charge >= 0.3 is 0 Å². The van der Waals surface area contributed by atoms with Gasteiger partial charge in [0.2, 0.25) is 0 Å². The van der Waals surface area contributed by atoms with Gasteiger partial charge < -0.3 is 9.73 Å². The highest BCUT2D eigenvalue weighted by Gasteiger charge is 2.16. The van der Waals surface area contributed by atoms with Crippen molar-refractivity contribution in [2.24, 2.45) is 0 Å². The zero-order valence-electron chi connectivity index (χ0n) is 15.7. The molecule has 4 aromatic rings. The predicted octanol–water partition coefficient (Wildman–Crippen LogP) is 6.24. The van der Waals surface area contributed by atoms with E-state index in [9.17, 15) is 4.79 Å². The van der Waals surface area contributed by atoms with Crippen molar-refractivity contribution in [1.82, 2.24) is 10.3 Å². The molecule has 0 fully saturated rings. The third kappa shape index (κ3) is 4.31. The number of anilines is 1. The van der Waals surface area contributed by atoms with E-state index in [4.69, 9.17) is 39.8 Å². The summed E-state index contributed by atoms with van der Waals surface area (Å²) in [6, 6.07) is 17.8. The number of nitrogens with one attached hydrogen (secondary N) is 2. The van der Waals surface area contributed by atoms with Gasteiger partial charge in [0.25, 0.3) is 5.91 Å². The number of carbonyl (C=O) groups is 1. The molecule has 0 radical (unpaired) electrons. The van der Waals surface area contributed by atoms with Crippen molar-refractivity contribution in [3.8, 4) is 11.3 Å². The number of aryl methyl sites for hydroxylation is 1. The predicted molar refractivity (Wildman–Crippen MR) is 124 cm³/mol. The van der Waals surface area contributed by atoms with Gasteiger partial charge in [-0.15, -0.1) is 0 Å². The van der Waals surface area contributed by atoms with E-state index in [2.05, 4.69) is 15.6 Å². The first-order valence-electron chi connectivity index (χ1n) is 8.95. The Morgan fingerprint density at radius 2 is 1.90 bits per heavy atom. The van der Waals surface area contributed by atoms with Crippen LogP contribution in [-0.2, 0) is 0 Å². The van der Waals surface area contributed by atoms with E-state index in [0.29, 0.717) is 27.1 Å². The highest BCUT2D eigenvalue weighted by Crippen LogP contribution is 2.31. The van der Waals surface area contributed by atoms with E-state index in [-0.39, 0.29) is 10.9 Å². The maximum Gasteiger partial charge on any atom is 0.293 e. The summed E-state index contributed by atoms with van der Waals surface area (Å²) >= 11 is 17.5. The van der Waals surface area contributed by atoms with Gasteiger partial charge in [0.15, 0.2) is 10.9 Å². The lowest BCUT2D eigenvalue weighted by molar-refractivity contribution is 0.0951. The second-order valence-electron chi connectivity index (χ2n) is 6.53. The van der Waals surface area contributed by atoms with E-state index in [1.165, 1.54) is 0 Å². The fourth-order valence-electron chi connectivity index (χ4n) is 2.95. The first-order valence-corrected chi connectivity index (χ1v) is 10.1. The van der Waals surface area contributed by atoms with E-state index in [0.717, 1.165) is 16.6 Å². The zero-order chi connectivity index (χ0) is 21.3. The molecule has 1 amide bonds. The van der Waals surface area contributed by atoms with Crippen molar-refractivity contribution in [2.75, 3.05) is 5.32 Å². The molecule has 2 heterocycles. The van der Waals surface area contributed by atoms with Crippen LogP contribution in [0.1, 0.15) is 16.2 Å². The molecule has 0 atom stereocenters. The van der Waals surface area contributed by atoms with Gasteiger partial charge in [-0.3, -0.25) is 15.1 Å². The molecule has 0 unspecified atom stereocenters. The highest BCUT2D eigenvalue weighted by molar-refractivity contribution is 7.80. The number of pyridine rings is 1. The lowest BCUT2D eigenvalue weighted by atomic mass is 10.2. The fourth-order valence-corrected chi connectivity index (χ4v) is 3.54. The average molecular weight is 456 g/mol. The van der Waals surface area contributed by atoms with Crippen molar-refractivity contribution in [3.63, 3.8) is 0 Å². The van der Waals surface area contributed by atoms with E-state index in [1.807, 2.05) is 37.3 Å². The smallest absolute Gasteiger partial charge is 0.293 e. The molecular weight excluding hydrogens is 441 g/mol. The molecule has 150 valence electrons. The SMILES string of the molecule is Cc1ccc2cccc(NC(=S)NC(=O)c3ccc(-c4cc(Cl)ccc4Cl)o3)c2n1. The molecule has 0 aliphatic rings. The Kier molecular flexibility index (Phi) is 5.72. The number of fused-ring (bicyclic) bond motifs is 1. The van der Waals surface area contributed by atoms with Crippen molar-refractivity contribution >= 4 is 63.0 Å². The number of furan rings is 1. The number of rotatable bonds is 3. The molecule has 0 aliphatic carbocycles. The maximum atomic E-state index is 12.6. The van der Waals surface area contributed by atoms with Crippen molar-refractivity contribution in [3.05, 3.63) is 82.2 Å². The van der Waals surface area contributed by atoms with E-state index in [1.54, 1.807) is 30.3 Å². The van der Waals surface area contributed by atoms with Crippen molar-refractivity contribution in [2.45, 2.75) is 6.92 Å². The van der Waals surface area contributed by atoms with Crippen LogP contribution in [0.15, 0.2) is 65.1 Å². The van der Waals surface area contributed by atoms with Crippen molar-refractivity contribution in [1.29, 1.82) is 0 Å². The van der Waals surface area contributed by atoms with Gasteiger partial charge in [-0.1, -0.05) is 41.4 Å². The topological polar surface area (TPSA) is 67.2 Å². The van der Waals surface area contributed by atoms with Gasteiger partial charge in [0.1, 0.15) is 5.76 Å². The van der Waals surface area contributed by atoms with E-state index >= 15 is 0 Å². The summed E-state index contributed by atoms with van der Waals surface area (Å²) in [6.07, 6.45) is 0. The molecule has 0 saturated heterocycles. The summed E-state index contributed by atoms with van der Waals surface area (Å²) in [4.78, 5) is 17.1. The summed E-state index contributed by atoms with van der Waals surface area (Å²) in [5.41, 5.74) is 2.95. The standard InChI is InChI=1S/C22H15Cl2N3O2S/c1-12-5-6-13-3-2-4-17(20(13)25-12)26-22(30)27-21(28)19-10-9-18(29-19)15-11-14(23)7-8-16(15)24/h2-11H,1H3,(H2,26,27,28,30). The van der Waals surface area contributed by atoms with Crippen molar-refractivity contribution < 1.29 is 9.21 Å². The zero-order valence-corrected chi connectivity index (χ0v) is 18.0. The second-order valence-corrected chi connectivity index (χ2v) is 7.78. The Hall–Kier alpha value is -2.93.